The number of benzene rings is 2. The molecule has 0 aliphatic carbocycles. The van der Waals surface area contributed by atoms with Crippen molar-refractivity contribution >= 4 is 45.5 Å². The molecule has 3 aromatic rings. The summed E-state index contributed by atoms with van der Waals surface area (Å²) in [6, 6.07) is 8.92. The largest absolute Gasteiger partial charge is 0.495 e. The number of hydrogen-bond donors (Lipinski definition) is 2. The van der Waals surface area contributed by atoms with E-state index in [1.807, 2.05) is 0 Å². The fourth-order valence-corrected chi connectivity index (χ4v) is 3.38. The Labute approximate surface area is 184 Å². The van der Waals surface area contributed by atoms with Crippen LogP contribution in [0.4, 0.5) is 11.4 Å². The number of aromatic nitrogens is 1. The molecule has 0 saturated carbocycles. The van der Waals surface area contributed by atoms with Gasteiger partial charge in [-0.05, 0) is 25.1 Å². The summed E-state index contributed by atoms with van der Waals surface area (Å²) in [4.78, 5) is 4.39. The first-order valence-corrected chi connectivity index (χ1v) is 9.81. The average molecular weight is 447 g/mol. The number of nitrogens with two attached hydrogens (primary N) is 1. The molecule has 0 saturated heterocycles. The molecule has 7 nitrogen and oxygen atoms in total. The van der Waals surface area contributed by atoms with E-state index >= 15 is 0 Å². The zero-order chi connectivity index (χ0) is 21.7. The fourth-order valence-electron chi connectivity index (χ4n) is 2.87. The summed E-state index contributed by atoms with van der Waals surface area (Å²) in [5.41, 5.74) is 7.55. The van der Waals surface area contributed by atoms with Crippen LogP contribution < -0.4 is 25.3 Å². The van der Waals surface area contributed by atoms with E-state index in [0.717, 1.165) is 0 Å². The van der Waals surface area contributed by atoms with E-state index in [4.69, 9.17) is 43.1 Å². The molecule has 0 atom stereocenters. The van der Waals surface area contributed by atoms with Crippen LogP contribution in [0.15, 0.2) is 30.5 Å². The molecule has 30 heavy (non-hydrogen) atoms. The van der Waals surface area contributed by atoms with Crippen molar-refractivity contribution in [2.24, 2.45) is 5.73 Å². The molecule has 1 aromatic heterocycles. The molecule has 0 amide bonds. The zero-order valence-electron chi connectivity index (χ0n) is 16.5. The van der Waals surface area contributed by atoms with Crippen LogP contribution >= 0.6 is 23.2 Å². The molecule has 0 aliphatic heterocycles. The van der Waals surface area contributed by atoms with Crippen LogP contribution in [0.25, 0.3) is 10.9 Å². The van der Waals surface area contributed by atoms with Crippen LogP contribution in [0.1, 0.15) is 12.0 Å². The van der Waals surface area contributed by atoms with E-state index < -0.39 is 0 Å². The molecule has 0 spiro atoms. The Balaban J connectivity index is 2.12. The Kier molecular flexibility index (Phi) is 7.06. The first-order chi connectivity index (χ1) is 14.5. The van der Waals surface area contributed by atoms with E-state index in [2.05, 4.69) is 16.4 Å². The summed E-state index contributed by atoms with van der Waals surface area (Å²) >= 11 is 12.5. The van der Waals surface area contributed by atoms with Crippen molar-refractivity contribution in [3.05, 3.63) is 46.1 Å². The smallest absolute Gasteiger partial charge is 0.163 e. The van der Waals surface area contributed by atoms with E-state index in [0.29, 0.717) is 74.7 Å². The summed E-state index contributed by atoms with van der Waals surface area (Å²) in [5.74, 6) is 1.51. The number of anilines is 2. The number of ether oxygens (including phenoxy) is 3. The molecule has 156 valence electrons. The third-order valence-electron chi connectivity index (χ3n) is 4.38. The average Bonchev–Trinajstić information content (AvgIpc) is 2.75. The van der Waals surface area contributed by atoms with E-state index in [-0.39, 0.29) is 0 Å². The second-order valence-corrected chi connectivity index (χ2v) is 7.08. The highest BCUT2D eigenvalue weighted by Gasteiger charge is 2.16. The van der Waals surface area contributed by atoms with Crippen molar-refractivity contribution < 1.29 is 14.2 Å². The number of rotatable bonds is 8. The van der Waals surface area contributed by atoms with Gasteiger partial charge >= 0.3 is 0 Å². The van der Waals surface area contributed by atoms with Gasteiger partial charge in [-0.2, -0.15) is 5.26 Å². The lowest BCUT2D eigenvalue weighted by molar-refractivity contribution is 0.292. The van der Waals surface area contributed by atoms with Gasteiger partial charge in [-0.1, -0.05) is 23.2 Å². The number of fused-ring (bicyclic) bond motifs is 1. The number of nitriles is 1. The number of methoxy groups -OCH3 is 2. The Bertz CT molecular complexity index is 1120. The standard InChI is InChI=1S/C21H20Cl2N4O3/c1-28-18-9-17(14(22)7-15(18)23)27-21-12(10-25)11-26-16-8-20(30-5-3-4-24)19(29-2)6-13(16)21/h6-9,11H,3-5,24H2,1-2H3,(H,26,27). The van der Waals surface area contributed by atoms with Crippen molar-refractivity contribution in [1.82, 2.24) is 4.98 Å². The van der Waals surface area contributed by atoms with Gasteiger partial charge in [0.25, 0.3) is 0 Å². The quantitative estimate of drug-likeness (QED) is 0.474. The minimum absolute atomic E-state index is 0.339. The molecule has 0 bridgehead atoms. The van der Waals surface area contributed by atoms with Gasteiger partial charge in [0.1, 0.15) is 11.8 Å². The van der Waals surface area contributed by atoms with Crippen molar-refractivity contribution in [3.8, 4) is 23.3 Å². The SMILES string of the molecule is COc1cc(Nc2c(C#N)cnc3cc(OCCCN)c(OC)cc23)c(Cl)cc1Cl. The van der Waals surface area contributed by atoms with E-state index in [1.165, 1.54) is 13.3 Å². The first kappa shape index (κ1) is 21.8. The molecule has 0 radical (unpaired) electrons. The summed E-state index contributed by atoms with van der Waals surface area (Å²) in [6.07, 6.45) is 2.20. The zero-order valence-corrected chi connectivity index (χ0v) is 18.0. The number of nitrogens with one attached hydrogen (secondary N) is 1. The highest BCUT2D eigenvalue weighted by Crippen LogP contribution is 2.40. The van der Waals surface area contributed by atoms with Gasteiger partial charge in [0.15, 0.2) is 11.5 Å². The topological polar surface area (TPSA) is 102 Å². The van der Waals surface area contributed by atoms with Crippen LogP contribution in [-0.4, -0.2) is 32.4 Å². The molecule has 3 N–H and O–H groups in total. The maximum Gasteiger partial charge on any atom is 0.163 e. The third kappa shape index (κ3) is 4.46. The van der Waals surface area contributed by atoms with Gasteiger partial charge in [0, 0.05) is 23.7 Å². The minimum Gasteiger partial charge on any atom is -0.495 e. The Morgan fingerprint density at radius 3 is 2.50 bits per heavy atom. The number of nitrogens with zero attached hydrogens (tertiary/aromatic N) is 2. The monoisotopic (exact) mass is 446 g/mol. The van der Waals surface area contributed by atoms with Crippen molar-refractivity contribution in [3.63, 3.8) is 0 Å². The first-order valence-electron chi connectivity index (χ1n) is 9.06. The fraction of sp³-hybridized carbons (Fsp3) is 0.238. The molecule has 2 aromatic carbocycles. The lowest BCUT2D eigenvalue weighted by atomic mass is 10.1. The van der Waals surface area contributed by atoms with Crippen LogP contribution in [-0.2, 0) is 0 Å². The lowest BCUT2D eigenvalue weighted by Gasteiger charge is -2.16. The van der Waals surface area contributed by atoms with Gasteiger partial charge < -0.3 is 25.3 Å². The highest BCUT2D eigenvalue weighted by atomic mass is 35.5. The molecule has 9 heteroatoms. The van der Waals surface area contributed by atoms with E-state index in [1.54, 1.807) is 31.4 Å². The molecular formula is C21H20Cl2N4O3. The molecule has 0 aliphatic rings. The van der Waals surface area contributed by atoms with Gasteiger partial charge in [-0.25, -0.2) is 0 Å². The third-order valence-corrected chi connectivity index (χ3v) is 4.99. The summed E-state index contributed by atoms with van der Waals surface area (Å²) in [7, 11) is 3.06. The maximum atomic E-state index is 9.62. The molecule has 3 rings (SSSR count). The number of pyridine rings is 1. The summed E-state index contributed by atoms with van der Waals surface area (Å²) in [6.45, 7) is 0.985. The van der Waals surface area contributed by atoms with Crippen LogP contribution in [0.3, 0.4) is 0 Å². The summed E-state index contributed by atoms with van der Waals surface area (Å²) < 4.78 is 16.5. The normalized spacial score (nSPS) is 10.5. The Morgan fingerprint density at radius 1 is 1.07 bits per heavy atom. The highest BCUT2D eigenvalue weighted by molar-refractivity contribution is 6.37. The molecule has 1 heterocycles. The lowest BCUT2D eigenvalue weighted by Crippen LogP contribution is -2.07. The van der Waals surface area contributed by atoms with Gasteiger partial charge in [0.05, 0.1) is 53.3 Å². The van der Waals surface area contributed by atoms with E-state index in [9.17, 15) is 5.26 Å². The van der Waals surface area contributed by atoms with Crippen LogP contribution in [0.5, 0.6) is 17.2 Å². The molecule has 0 unspecified atom stereocenters. The van der Waals surface area contributed by atoms with Gasteiger partial charge in [-0.15, -0.1) is 0 Å². The molecule has 0 fully saturated rings. The summed E-state index contributed by atoms with van der Waals surface area (Å²) in [5, 5.41) is 14.3. The predicted molar refractivity (Wildman–Crippen MR) is 118 cm³/mol. The maximum absolute atomic E-state index is 9.62. The van der Waals surface area contributed by atoms with Crippen LogP contribution in [0.2, 0.25) is 10.0 Å². The number of hydrogen-bond acceptors (Lipinski definition) is 7. The Morgan fingerprint density at radius 2 is 1.83 bits per heavy atom. The number of halogens is 2. The second-order valence-electron chi connectivity index (χ2n) is 6.26. The van der Waals surface area contributed by atoms with Crippen molar-refractivity contribution in [1.29, 1.82) is 5.26 Å². The Hall–Kier alpha value is -2.92. The van der Waals surface area contributed by atoms with Crippen molar-refractivity contribution in [2.45, 2.75) is 6.42 Å². The molecular weight excluding hydrogens is 427 g/mol. The van der Waals surface area contributed by atoms with Gasteiger partial charge in [0.2, 0.25) is 0 Å². The second kappa shape index (κ2) is 9.72. The predicted octanol–water partition coefficient (Wildman–Crippen LogP) is 4.90. The van der Waals surface area contributed by atoms with Crippen molar-refractivity contribution in [2.75, 3.05) is 32.7 Å². The van der Waals surface area contributed by atoms with Gasteiger partial charge in [-0.3, -0.25) is 4.98 Å². The minimum atomic E-state index is 0.339. The van der Waals surface area contributed by atoms with Crippen LogP contribution in [0, 0.1) is 11.3 Å².